The van der Waals surface area contributed by atoms with Gasteiger partial charge >= 0.3 is 0 Å². The summed E-state index contributed by atoms with van der Waals surface area (Å²) in [5, 5.41) is 0. The molecule has 0 bridgehead atoms. The summed E-state index contributed by atoms with van der Waals surface area (Å²) in [6.07, 6.45) is 11.7. The van der Waals surface area contributed by atoms with Crippen molar-refractivity contribution in [1.82, 2.24) is 14.7 Å². The Morgan fingerprint density at radius 3 is 1.13 bits per heavy atom. The molecule has 0 amide bonds. The summed E-state index contributed by atoms with van der Waals surface area (Å²) in [5.41, 5.74) is 5.36. The molecule has 3 heteroatoms. The molecule has 3 nitrogen and oxygen atoms in total. The van der Waals surface area contributed by atoms with Crippen LogP contribution >= 0.6 is 0 Å². The van der Waals surface area contributed by atoms with Crippen LogP contribution in [0.4, 0.5) is 0 Å². The van der Waals surface area contributed by atoms with E-state index in [0.717, 1.165) is 58.9 Å². The predicted octanol–water partition coefficient (Wildman–Crippen LogP) is 5.52. The van der Waals surface area contributed by atoms with Gasteiger partial charge in [0.15, 0.2) is 0 Å². The number of rotatable bonds is 18. The molecule has 0 fully saturated rings. The average molecular weight is 420 g/mol. The van der Waals surface area contributed by atoms with Gasteiger partial charge in [-0.05, 0) is 29.2 Å². The minimum absolute atomic E-state index is 0.836. The monoisotopic (exact) mass is 419 g/mol. The molecule has 31 heavy (non-hydrogen) atoms. The van der Waals surface area contributed by atoms with Crippen LogP contribution in [0.1, 0.15) is 22.3 Å². The quantitative estimate of drug-likeness (QED) is 0.290. The summed E-state index contributed by atoms with van der Waals surface area (Å²) in [7, 11) is 0. The Bertz CT molecular complexity index is 670. The average Bonchev–Trinajstić information content (AvgIpc) is 2.72. The molecule has 168 valence electrons. The lowest BCUT2D eigenvalue weighted by Gasteiger charge is -2.26. The summed E-state index contributed by atoms with van der Waals surface area (Å²) in [5.74, 6) is 0. The Morgan fingerprint density at radius 1 is 0.548 bits per heavy atom. The smallest absolute Gasteiger partial charge is 0.0243 e. The SMILES string of the molecule is C=CCN(CC=C)Cc1cc(CN(CC=C)CC=C)c(C)c(CN(CC=C)CC=C)c1. The number of nitrogens with zero attached hydrogens (tertiary/aromatic N) is 3. The van der Waals surface area contributed by atoms with E-state index in [-0.39, 0.29) is 0 Å². The Labute approximate surface area is 191 Å². The van der Waals surface area contributed by atoms with Crippen molar-refractivity contribution < 1.29 is 0 Å². The zero-order valence-electron chi connectivity index (χ0n) is 19.6. The Kier molecular flexibility index (Phi) is 13.2. The van der Waals surface area contributed by atoms with Crippen LogP contribution in [0.15, 0.2) is 88.1 Å². The maximum atomic E-state index is 3.92. The molecule has 1 rings (SSSR count). The van der Waals surface area contributed by atoms with E-state index in [0.29, 0.717) is 0 Å². The molecular formula is C28H41N3. The zero-order valence-corrected chi connectivity index (χ0v) is 19.6. The Balaban J connectivity index is 3.34. The fraction of sp³-hybridized carbons (Fsp3) is 0.357. The lowest BCUT2D eigenvalue weighted by Crippen LogP contribution is -2.27. The molecule has 0 saturated heterocycles. The van der Waals surface area contributed by atoms with Crippen LogP contribution in [0.3, 0.4) is 0 Å². The maximum Gasteiger partial charge on any atom is 0.0243 e. The van der Waals surface area contributed by atoms with Crippen LogP contribution in [0, 0.1) is 6.92 Å². The Hall–Kier alpha value is -2.46. The molecule has 0 unspecified atom stereocenters. The van der Waals surface area contributed by atoms with Crippen LogP contribution in [-0.4, -0.2) is 54.0 Å². The number of hydrogen-bond donors (Lipinski definition) is 0. The molecule has 0 saturated carbocycles. The van der Waals surface area contributed by atoms with Crippen molar-refractivity contribution in [2.45, 2.75) is 26.6 Å². The first kappa shape index (κ1) is 26.6. The molecule has 0 spiro atoms. The highest BCUT2D eigenvalue weighted by Crippen LogP contribution is 2.22. The van der Waals surface area contributed by atoms with Gasteiger partial charge in [-0.1, -0.05) is 48.6 Å². The highest BCUT2D eigenvalue weighted by Gasteiger charge is 2.14. The second-order valence-electron chi connectivity index (χ2n) is 7.85. The van der Waals surface area contributed by atoms with Crippen LogP contribution in [0.2, 0.25) is 0 Å². The lowest BCUT2D eigenvalue weighted by molar-refractivity contribution is 0.316. The summed E-state index contributed by atoms with van der Waals surface area (Å²) in [6.45, 7) is 33.3. The first-order valence-electron chi connectivity index (χ1n) is 11.0. The topological polar surface area (TPSA) is 9.72 Å². The van der Waals surface area contributed by atoms with Crippen molar-refractivity contribution in [3.8, 4) is 0 Å². The molecule has 0 aliphatic carbocycles. The van der Waals surface area contributed by atoms with Gasteiger partial charge in [0.1, 0.15) is 0 Å². The third kappa shape index (κ3) is 9.48. The van der Waals surface area contributed by atoms with E-state index in [1.54, 1.807) is 0 Å². The Morgan fingerprint density at radius 2 is 0.839 bits per heavy atom. The summed E-state index contributed by atoms with van der Waals surface area (Å²) < 4.78 is 0. The van der Waals surface area contributed by atoms with Gasteiger partial charge in [-0.3, -0.25) is 14.7 Å². The fourth-order valence-electron chi connectivity index (χ4n) is 3.78. The van der Waals surface area contributed by atoms with Crippen molar-refractivity contribution >= 4 is 0 Å². The minimum Gasteiger partial charge on any atom is -0.292 e. The van der Waals surface area contributed by atoms with Gasteiger partial charge in [0.25, 0.3) is 0 Å². The summed E-state index contributed by atoms with van der Waals surface area (Å²) >= 11 is 0. The fourth-order valence-corrected chi connectivity index (χ4v) is 3.78. The molecule has 0 aromatic heterocycles. The van der Waals surface area contributed by atoms with E-state index in [9.17, 15) is 0 Å². The molecule has 0 radical (unpaired) electrons. The lowest BCUT2D eigenvalue weighted by atomic mass is 9.97. The van der Waals surface area contributed by atoms with Gasteiger partial charge in [-0.25, -0.2) is 0 Å². The van der Waals surface area contributed by atoms with Gasteiger partial charge in [0, 0.05) is 58.9 Å². The third-order valence-corrected chi connectivity index (χ3v) is 5.20. The number of hydrogen-bond acceptors (Lipinski definition) is 3. The molecule has 1 aromatic rings. The van der Waals surface area contributed by atoms with Crippen LogP contribution in [0.25, 0.3) is 0 Å². The molecule has 0 atom stereocenters. The number of benzene rings is 1. The molecule has 0 N–H and O–H groups in total. The van der Waals surface area contributed by atoms with Gasteiger partial charge in [0.2, 0.25) is 0 Å². The molecule has 0 heterocycles. The van der Waals surface area contributed by atoms with Crippen LogP contribution < -0.4 is 0 Å². The normalized spacial score (nSPS) is 11.0. The summed E-state index contributed by atoms with van der Waals surface area (Å²) in [4.78, 5) is 7.05. The molecule has 0 aliphatic heterocycles. The zero-order chi connectivity index (χ0) is 23.1. The highest BCUT2D eigenvalue weighted by molar-refractivity contribution is 5.39. The molecule has 0 aliphatic rings. The van der Waals surface area contributed by atoms with E-state index in [1.807, 2.05) is 36.5 Å². The largest absolute Gasteiger partial charge is 0.292 e. The van der Waals surface area contributed by atoms with Crippen LogP contribution in [-0.2, 0) is 19.6 Å². The second-order valence-corrected chi connectivity index (χ2v) is 7.85. The predicted molar refractivity (Wildman–Crippen MR) is 138 cm³/mol. The first-order chi connectivity index (χ1) is 15.0. The van der Waals surface area contributed by atoms with Gasteiger partial charge in [0.05, 0.1) is 0 Å². The maximum absolute atomic E-state index is 3.92. The molecule has 1 aromatic carbocycles. The van der Waals surface area contributed by atoms with Gasteiger partial charge in [-0.2, -0.15) is 0 Å². The van der Waals surface area contributed by atoms with E-state index in [4.69, 9.17) is 0 Å². The third-order valence-electron chi connectivity index (χ3n) is 5.20. The highest BCUT2D eigenvalue weighted by atomic mass is 15.1. The van der Waals surface area contributed by atoms with Crippen molar-refractivity contribution in [2.75, 3.05) is 39.3 Å². The van der Waals surface area contributed by atoms with Crippen molar-refractivity contribution in [2.24, 2.45) is 0 Å². The van der Waals surface area contributed by atoms with Crippen LogP contribution in [0.5, 0.6) is 0 Å². The summed E-state index contributed by atoms with van der Waals surface area (Å²) in [6, 6.07) is 4.70. The second kappa shape index (κ2) is 15.4. The van der Waals surface area contributed by atoms with Crippen molar-refractivity contribution in [1.29, 1.82) is 0 Å². The first-order valence-corrected chi connectivity index (χ1v) is 11.0. The van der Waals surface area contributed by atoms with Crippen molar-refractivity contribution in [3.05, 3.63) is 110 Å². The standard InChI is InChI=1S/C28H41N3/c1-8-14-29(15-9-2)22-26-20-27(23-30(16-10-3)17-11-4)25(7)28(21-26)24-31(18-12-5)19-13-6/h8-13,20-21H,1-6,14-19,22-24H2,7H3. The van der Waals surface area contributed by atoms with E-state index in [2.05, 4.69) is 73.2 Å². The minimum atomic E-state index is 0.836. The van der Waals surface area contributed by atoms with E-state index in [1.165, 1.54) is 22.3 Å². The van der Waals surface area contributed by atoms with Gasteiger partial charge in [-0.15, -0.1) is 39.5 Å². The van der Waals surface area contributed by atoms with Crippen molar-refractivity contribution in [3.63, 3.8) is 0 Å². The molecular weight excluding hydrogens is 378 g/mol. The van der Waals surface area contributed by atoms with Gasteiger partial charge < -0.3 is 0 Å². The van der Waals surface area contributed by atoms with E-state index >= 15 is 0 Å². The van der Waals surface area contributed by atoms with E-state index < -0.39 is 0 Å².